The first-order valence-corrected chi connectivity index (χ1v) is 29.0. The summed E-state index contributed by atoms with van der Waals surface area (Å²) >= 11 is -3.25. The first kappa shape index (κ1) is 32.6. The van der Waals surface area contributed by atoms with E-state index in [1.54, 1.807) is 0 Å². The van der Waals surface area contributed by atoms with Crippen LogP contribution in [-0.4, -0.2) is 25.7 Å². The molecule has 0 aliphatic heterocycles. The molecular formula is C46H44N2Se2. The first-order valence-electron chi connectivity index (χ1n) is 17.1. The molecule has 0 fully saturated rings. The van der Waals surface area contributed by atoms with Crippen molar-refractivity contribution in [3.05, 3.63) is 158 Å². The van der Waals surface area contributed by atoms with E-state index in [1.165, 1.54) is 64.0 Å². The molecule has 0 N–H and O–H groups in total. The summed E-state index contributed by atoms with van der Waals surface area (Å²) in [6.45, 7) is 0. The van der Waals surface area contributed by atoms with Crippen molar-refractivity contribution in [3.8, 4) is 0 Å². The minimum atomic E-state index is -1.62. The van der Waals surface area contributed by atoms with Gasteiger partial charge >= 0.3 is 304 Å². The molecule has 0 atom stereocenters. The van der Waals surface area contributed by atoms with E-state index in [1.807, 2.05) is 0 Å². The molecule has 0 unspecified atom stereocenters. The van der Waals surface area contributed by atoms with Crippen LogP contribution < -0.4 is 18.7 Å². The first-order chi connectivity index (χ1) is 24.1. The van der Waals surface area contributed by atoms with Gasteiger partial charge in [-0.2, -0.15) is 0 Å². The number of nitrogens with zero attached hydrogens (tertiary/aromatic N) is 2. The van der Waals surface area contributed by atoms with Crippen LogP contribution in [0.2, 0.25) is 34.9 Å². The van der Waals surface area contributed by atoms with Crippen molar-refractivity contribution in [2.24, 2.45) is 0 Å². The summed E-state index contributed by atoms with van der Waals surface area (Å²) < 4.78 is 2.97. The van der Waals surface area contributed by atoms with Crippen molar-refractivity contribution in [2.75, 3.05) is 9.80 Å². The Bertz CT molecular complexity index is 2250. The topological polar surface area (TPSA) is 6.48 Å². The van der Waals surface area contributed by atoms with E-state index in [2.05, 4.69) is 202 Å². The Kier molecular flexibility index (Phi) is 8.25. The zero-order chi connectivity index (χ0) is 34.6. The number of hydrogen-bond acceptors (Lipinski definition) is 2. The quantitative estimate of drug-likeness (QED) is 0.112. The van der Waals surface area contributed by atoms with Gasteiger partial charge in [-0.3, -0.25) is 0 Å². The van der Waals surface area contributed by atoms with E-state index in [4.69, 9.17) is 0 Å². The van der Waals surface area contributed by atoms with Crippen molar-refractivity contribution in [1.29, 1.82) is 0 Å². The zero-order valence-electron chi connectivity index (χ0n) is 29.7. The van der Waals surface area contributed by atoms with E-state index in [0.29, 0.717) is 0 Å². The van der Waals surface area contributed by atoms with Gasteiger partial charge < -0.3 is 0 Å². The second-order valence-electron chi connectivity index (χ2n) is 14.6. The molecule has 0 saturated heterocycles. The SMILES string of the molecule is C[Se](C)(C)c1ccc(N(c2ccccc2)c2ccc3ccc4c(N(c5ccccc5)c5ccc([Se](C)(C)C)cc5)ccc5ccc2c3c54)cc1. The van der Waals surface area contributed by atoms with Crippen molar-refractivity contribution in [2.45, 2.75) is 34.9 Å². The van der Waals surface area contributed by atoms with Gasteiger partial charge in [0.25, 0.3) is 0 Å². The van der Waals surface area contributed by atoms with Crippen LogP contribution in [0, 0.1) is 0 Å². The molecule has 0 radical (unpaired) electrons. The average molecular weight is 783 g/mol. The van der Waals surface area contributed by atoms with Crippen molar-refractivity contribution >= 4 is 101 Å². The van der Waals surface area contributed by atoms with E-state index < -0.39 is 25.7 Å². The number of anilines is 6. The molecule has 8 rings (SSSR count). The fourth-order valence-corrected chi connectivity index (χ4v) is 11.2. The molecule has 0 amide bonds. The van der Waals surface area contributed by atoms with Gasteiger partial charge in [0.05, 0.1) is 0 Å². The Morgan fingerprint density at radius 1 is 0.320 bits per heavy atom. The molecule has 4 heteroatoms. The van der Waals surface area contributed by atoms with Crippen LogP contribution in [-0.2, 0) is 0 Å². The van der Waals surface area contributed by atoms with Crippen molar-refractivity contribution < 1.29 is 0 Å². The molecule has 0 aromatic heterocycles. The molecule has 50 heavy (non-hydrogen) atoms. The maximum absolute atomic E-state index is 2.43. The third-order valence-electron chi connectivity index (χ3n) is 9.73. The third-order valence-corrected chi connectivity index (χ3v) is 16.8. The average Bonchev–Trinajstić information content (AvgIpc) is 3.12. The normalized spacial score (nSPS) is 12.8. The number of para-hydroxylation sites is 2. The summed E-state index contributed by atoms with van der Waals surface area (Å²) in [6.07, 6.45) is 0. The van der Waals surface area contributed by atoms with Crippen LogP contribution >= 0.6 is 0 Å². The van der Waals surface area contributed by atoms with Gasteiger partial charge in [-0.1, -0.05) is 0 Å². The number of benzene rings is 8. The molecule has 250 valence electrons. The predicted octanol–water partition coefficient (Wildman–Crippen LogP) is 12.6. The second kappa shape index (κ2) is 12.6. The van der Waals surface area contributed by atoms with Crippen LogP contribution in [0.5, 0.6) is 0 Å². The molecular weight excluding hydrogens is 738 g/mol. The van der Waals surface area contributed by atoms with E-state index in [9.17, 15) is 0 Å². The predicted molar refractivity (Wildman–Crippen MR) is 225 cm³/mol. The summed E-state index contributed by atoms with van der Waals surface area (Å²) in [5, 5.41) is 7.64. The monoisotopic (exact) mass is 784 g/mol. The summed E-state index contributed by atoms with van der Waals surface area (Å²) in [5.74, 6) is 14.6. The van der Waals surface area contributed by atoms with Crippen LogP contribution in [0.25, 0.3) is 32.3 Å². The van der Waals surface area contributed by atoms with Crippen molar-refractivity contribution in [1.82, 2.24) is 0 Å². The molecule has 0 saturated carbocycles. The summed E-state index contributed by atoms with van der Waals surface area (Å²) in [4.78, 5) is 4.86. The third kappa shape index (κ3) is 5.87. The maximum atomic E-state index is 2.43. The molecule has 0 bridgehead atoms. The molecule has 0 spiro atoms. The number of rotatable bonds is 8. The Hall–Kier alpha value is -4.56. The zero-order valence-corrected chi connectivity index (χ0v) is 33.1. The van der Waals surface area contributed by atoms with Gasteiger partial charge in [-0.15, -0.1) is 0 Å². The summed E-state index contributed by atoms with van der Waals surface area (Å²) in [6, 6.07) is 58.8. The Balaban J connectivity index is 1.36. The van der Waals surface area contributed by atoms with Crippen LogP contribution in [0.15, 0.2) is 158 Å². The molecule has 2 nitrogen and oxygen atoms in total. The van der Waals surface area contributed by atoms with Gasteiger partial charge in [0.2, 0.25) is 0 Å². The molecule has 0 aliphatic rings. The van der Waals surface area contributed by atoms with E-state index >= 15 is 0 Å². The Labute approximate surface area is 301 Å². The van der Waals surface area contributed by atoms with Gasteiger partial charge in [-0.25, -0.2) is 0 Å². The van der Waals surface area contributed by atoms with Crippen molar-refractivity contribution in [3.63, 3.8) is 0 Å². The molecule has 8 aromatic carbocycles. The number of hydrogen-bond donors (Lipinski definition) is 0. The Morgan fingerprint density at radius 2 is 0.640 bits per heavy atom. The fourth-order valence-electron chi connectivity index (χ4n) is 7.18. The van der Waals surface area contributed by atoms with Crippen LogP contribution in [0.3, 0.4) is 0 Å². The minimum absolute atomic E-state index is 1.16. The standard InChI is InChI=1S/C46H44N2Se2/c1-49(2,3)39-25-21-37(22-26-39)47(35-13-9-7-10-14-35)43-31-19-33-18-30-42-44(32-20-34-17-29-41(43)45(33)46(34)42)48(36-15-11-8-12-16-36)38-23-27-40(28-24-38)50(4,5)6/h7-32H,1-6H3. The van der Waals surface area contributed by atoms with Crippen LogP contribution in [0.4, 0.5) is 34.1 Å². The van der Waals surface area contributed by atoms with Gasteiger partial charge in [0.15, 0.2) is 0 Å². The Morgan fingerprint density at radius 3 is 0.980 bits per heavy atom. The summed E-state index contributed by atoms with van der Waals surface area (Å²) in [5.41, 5.74) is 7.04. The summed E-state index contributed by atoms with van der Waals surface area (Å²) in [7, 11) is 0. The van der Waals surface area contributed by atoms with Crippen LogP contribution in [0.1, 0.15) is 0 Å². The molecule has 0 aliphatic carbocycles. The van der Waals surface area contributed by atoms with E-state index in [0.717, 1.165) is 11.4 Å². The fraction of sp³-hybridized carbons (Fsp3) is 0.130. The van der Waals surface area contributed by atoms with Gasteiger partial charge in [0.1, 0.15) is 0 Å². The van der Waals surface area contributed by atoms with Gasteiger partial charge in [0, 0.05) is 0 Å². The molecule has 0 heterocycles. The molecule has 8 aromatic rings. The second-order valence-corrected chi connectivity index (χ2v) is 32.0. The van der Waals surface area contributed by atoms with Gasteiger partial charge in [-0.05, 0) is 0 Å². The van der Waals surface area contributed by atoms with E-state index in [-0.39, 0.29) is 0 Å².